The highest BCUT2D eigenvalue weighted by molar-refractivity contribution is 8.15. The number of hydrogen-bond donors (Lipinski definition) is 2. The molecule has 2 aromatic rings. The molecule has 3 rings (SSSR count). The Morgan fingerprint density at radius 3 is 2.73 bits per heavy atom. The van der Waals surface area contributed by atoms with Crippen LogP contribution in [0, 0.1) is 0 Å². The van der Waals surface area contributed by atoms with Gasteiger partial charge in [0.1, 0.15) is 16.7 Å². The van der Waals surface area contributed by atoms with Gasteiger partial charge < -0.3 is 20.1 Å². The summed E-state index contributed by atoms with van der Waals surface area (Å²) in [4.78, 5) is 24.4. The molecule has 1 heterocycles. The van der Waals surface area contributed by atoms with Crippen molar-refractivity contribution in [1.82, 2.24) is 5.32 Å². The lowest BCUT2D eigenvalue weighted by Gasteiger charge is -2.08. The summed E-state index contributed by atoms with van der Waals surface area (Å²) in [7, 11) is 1.58. The van der Waals surface area contributed by atoms with E-state index >= 15 is 0 Å². The zero-order valence-electron chi connectivity index (χ0n) is 16.6. The fourth-order valence-corrected chi connectivity index (χ4v) is 3.61. The van der Waals surface area contributed by atoms with Crippen molar-refractivity contribution in [3.05, 3.63) is 54.1 Å². The van der Waals surface area contributed by atoms with Gasteiger partial charge in [-0.2, -0.15) is 5.10 Å². The summed E-state index contributed by atoms with van der Waals surface area (Å²) in [6, 6.07) is 14.5. The molecular weight excluding hydrogens is 404 g/mol. The van der Waals surface area contributed by atoms with E-state index in [0.717, 1.165) is 11.3 Å². The average Bonchev–Trinajstić information content (AvgIpc) is 3.09. The molecule has 30 heavy (non-hydrogen) atoms. The second-order valence-electron chi connectivity index (χ2n) is 6.20. The molecule has 0 radical (unpaired) electrons. The van der Waals surface area contributed by atoms with Gasteiger partial charge in [0.15, 0.2) is 5.17 Å². The van der Waals surface area contributed by atoms with E-state index in [1.807, 2.05) is 31.2 Å². The molecule has 0 aromatic heterocycles. The minimum Gasteiger partial charge on any atom is -0.496 e. The summed E-state index contributed by atoms with van der Waals surface area (Å²) in [5, 5.41) is 13.2. The molecule has 1 atom stereocenters. The van der Waals surface area contributed by atoms with Gasteiger partial charge in [0.25, 0.3) is 0 Å². The maximum absolute atomic E-state index is 12.3. The number of carbonyl (C=O) groups excluding carboxylic acids is 2. The summed E-state index contributed by atoms with van der Waals surface area (Å²) in [5.41, 5.74) is 1.41. The van der Waals surface area contributed by atoms with Gasteiger partial charge in [-0.15, -0.1) is 5.10 Å². The Bertz CT molecular complexity index is 960. The van der Waals surface area contributed by atoms with Crippen LogP contribution in [0.1, 0.15) is 18.9 Å². The molecule has 1 fully saturated rings. The Balaban J connectivity index is 1.54. The van der Waals surface area contributed by atoms with Crippen LogP contribution in [0.15, 0.2) is 58.7 Å². The minimum absolute atomic E-state index is 0.0267. The SMILES string of the molecule is CCOc1ccc(NC(=O)C[C@H]2S/C(=N/N=C\c3ccccc3OC)NC2=O)cc1. The predicted molar refractivity (Wildman–Crippen MR) is 118 cm³/mol. The molecule has 0 spiro atoms. The summed E-state index contributed by atoms with van der Waals surface area (Å²) in [6.07, 6.45) is 1.57. The lowest BCUT2D eigenvalue weighted by molar-refractivity contribution is -0.122. The Hall–Kier alpha value is -3.33. The third-order valence-corrected chi connectivity index (χ3v) is 5.15. The van der Waals surface area contributed by atoms with Gasteiger partial charge >= 0.3 is 0 Å². The first-order chi connectivity index (χ1) is 14.6. The second-order valence-corrected chi connectivity index (χ2v) is 7.39. The number of hydrogen-bond acceptors (Lipinski definition) is 7. The maximum Gasteiger partial charge on any atom is 0.240 e. The number of ether oxygens (including phenoxy) is 2. The van der Waals surface area contributed by atoms with Crippen LogP contribution >= 0.6 is 11.8 Å². The van der Waals surface area contributed by atoms with Gasteiger partial charge in [0.2, 0.25) is 11.8 Å². The summed E-state index contributed by atoms with van der Waals surface area (Å²) in [5.74, 6) is 0.878. The number of rotatable bonds is 8. The average molecular weight is 426 g/mol. The Morgan fingerprint density at radius 1 is 1.23 bits per heavy atom. The maximum atomic E-state index is 12.3. The van der Waals surface area contributed by atoms with Crippen molar-refractivity contribution < 1.29 is 19.1 Å². The van der Waals surface area contributed by atoms with E-state index in [-0.39, 0.29) is 18.2 Å². The highest BCUT2D eigenvalue weighted by atomic mass is 32.2. The normalized spacial score (nSPS) is 17.2. The first-order valence-corrected chi connectivity index (χ1v) is 10.2. The van der Waals surface area contributed by atoms with Crippen molar-refractivity contribution in [2.75, 3.05) is 19.0 Å². The zero-order chi connectivity index (χ0) is 21.3. The smallest absolute Gasteiger partial charge is 0.240 e. The van der Waals surface area contributed by atoms with Crippen molar-refractivity contribution in [2.24, 2.45) is 10.2 Å². The number of amidine groups is 1. The highest BCUT2D eigenvalue weighted by Crippen LogP contribution is 2.24. The van der Waals surface area contributed by atoms with E-state index in [4.69, 9.17) is 9.47 Å². The van der Waals surface area contributed by atoms with Gasteiger partial charge in [-0.25, -0.2) is 0 Å². The molecule has 1 aliphatic heterocycles. The summed E-state index contributed by atoms with van der Waals surface area (Å²) in [6.45, 7) is 2.48. The fourth-order valence-electron chi connectivity index (χ4n) is 2.68. The largest absolute Gasteiger partial charge is 0.496 e. The zero-order valence-corrected chi connectivity index (χ0v) is 17.4. The molecule has 0 bridgehead atoms. The molecule has 8 nitrogen and oxygen atoms in total. The minimum atomic E-state index is -0.562. The van der Waals surface area contributed by atoms with Crippen LogP contribution in [0.5, 0.6) is 11.5 Å². The molecule has 2 amide bonds. The Kier molecular flexibility index (Phi) is 7.45. The van der Waals surface area contributed by atoms with Crippen LogP contribution in [0.4, 0.5) is 5.69 Å². The first-order valence-electron chi connectivity index (χ1n) is 9.33. The molecule has 1 aliphatic rings. The molecule has 0 unspecified atom stereocenters. The standard InChI is InChI=1S/C21H22N4O4S/c1-3-29-16-10-8-15(9-11-16)23-19(26)12-18-20(27)24-21(30-18)25-22-13-14-6-4-5-7-17(14)28-2/h4-11,13,18H,3,12H2,1-2H3,(H,23,26)(H,24,25,27)/b22-13-/t18-/m1/s1. The van der Waals surface area contributed by atoms with Crippen LogP contribution in [0.2, 0.25) is 0 Å². The van der Waals surface area contributed by atoms with Gasteiger partial charge in [-0.3, -0.25) is 9.59 Å². The van der Waals surface area contributed by atoms with Gasteiger partial charge in [-0.05, 0) is 43.3 Å². The quantitative estimate of drug-likeness (QED) is 0.499. The lowest BCUT2D eigenvalue weighted by Crippen LogP contribution is -2.28. The van der Waals surface area contributed by atoms with Crippen LogP contribution < -0.4 is 20.1 Å². The van der Waals surface area contributed by atoms with E-state index in [0.29, 0.717) is 23.2 Å². The van der Waals surface area contributed by atoms with E-state index in [1.54, 1.807) is 37.6 Å². The van der Waals surface area contributed by atoms with Crippen LogP contribution in [-0.2, 0) is 9.59 Å². The van der Waals surface area contributed by atoms with Crippen molar-refractivity contribution >= 4 is 40.6 Å². The predicted octanol–water partition coefficient (Wildman–Crippen LogP) is 3.04. The number of methoxy groups -OCH3 is 1. The van der Waals surface area contributed by atoms with Crippen molar-refractivity contribution in [2.45, 2.75) is 18.6 Å². The van der Waals surface area contributed by atoms with Crippen LogP contribution in [0.3, 0.4) is 0 Å². The molecule has 9 heteroatoms. The third kappa shape index (κ3) is 5.84. The molecular formula is C21H22N4O4S. The van der Waals surface area contributed by atoms with Gasteiger partial charge in [0.05, 0.1) is 19.9 Å². The fraction of sp³-hybridized carbons (Fsp3) is 0.238. The topological polar surface area (TPSA) is 101 Å². The number of thioether (sulfide) groups is 1. The molecule has 2 N–H and O–H groups in total. The van der Waals surface area contributed by atoms with Crippen LogP contribution in [-0.4, -0.2) is 42.2 Å². The number of amides is 2. The Labute approximate surface area is 178 Å². The number of nitrogens with one attached hydrogen (secondary N) is 2. The monoisotopic (exact) mass is 426 g/mol. The molecule has 2 aromatic carbocycles. The first kappa shape index (κ1) is 21.4. The Morgan fingerprint density at radius 2 is 2.00 bits per heavy atom. The summed E-state index contributed by atoms with van der Waals surface area (Å²) >= 11 is 1.18. The van der Waals surface area contributed by atoms with Crippen LogP contribution in [0.25, 0.3) is 0 Å². The van der Waals surface area contributed by atoms with Gasteiger partial charge in [-0.1, -0.05) is 23.9 Å². The lowest BCUT2D eigenvalue weighted by atomic mass is 10.2. The molecule has 156 valence electrons. The number of benzene rings is 2. The highest BCUT2D eigenvalue weighted by Gasteiger charge is 2.32. The van der Waals surface area contributed by atoms with Crippen molar-refractivity contribution in [1.29, 1.82) is 0 Å². The number of para-hydroxylation sites is 1. The van der Waals surface area contributed by atoms with Gasteiger partial charge in [0, 0.05) is 17.7 Å². The van der Waals surface area contributed by atoms with E-state index < -0.39 is 5.25 Å². The van der Waals surface area contributed by atoms with E-state index in [2.05, 4.69) is 20.8 Å². The number of nitrogens with zero attached hydrogens (tertiary/aromatic N) is 2. The summed E-state index contributed by atoms with van der Waals surface area (Å²) < 4.78 is 10.6. The number of carbonyl (C=O) groups is 2. The van der Waals surface area contributed by atoms with E-state index in [9.17, 15) is 9.59 Å². The number of anilines is 1. The second kappa shape index (κ2) is 10.4. The molecule has 1 saturated heterocycles. The third-order valence-electron chi connectivity index (χ3n) is 4.08. The molecule has 0 saturated carbocycles. The van der Waals surface area contributed by atoms with Crippen molar-refractivity contribution in [3.63, 3.8) is 0 Å². The van der Waals surface area contributed by atoms with Crippen molar-refractivity contribution in [3.8, 4) is 11.5 Å². The molecule has 0 aliphatic carbocycles. The van der Waals surface area contributed by atoms with E-state index in [1.165, 1.54) is 11.8 Å².